The number of carbonyl (C=O) groups is 1. The summed E-state index contributed by atoms with van der Waals surface area (Å²) in [5, 5.41) is 5.05. The standard InChI is InChI=1S/C10H9BrN2O/c1-6-8-5-12-13(7(2)14)10(8)4-3-9(6)11/h3-5H,1-2H3. The van der Waals surface area contributed by atoms with E-state index in [2.05, 4.69) is 21.0 Å². The van der Waals surface area contributed by atoms with Crippen molar-refractivity contribution in [2.75, 3.05) is 0 Å². The van der Waals surface area contributed by atoms with Crippen LogP contribution in [0, 0.1) is 6.92 Å². The van der Waals surface area contributed by atoms with E-state index in [4.69, 9.17) is 0 Å². The maximum Gasteiger partial charge on any atom is 0.244 e. The summed E-state index contributed by atoms with van der Waals surface area (Å²) in [5.41, 5.74) is 1.97. The second-order valence-corrected chi connectivity index (χ2v) is 4.03. The van der Waals surface area contributed by atoms with Crippen LogP contribution in [0.1, 0.15) is 17.3 Å². The van der Waals surface area contributed by atoms with E-state index in [0.717, 1.165) is 20.9 Å². The van der Waals surface area contributed by atoms with E-state index in [1.165, 1.54) is 11.6 Å². The fourth-order valence-corrected chi connectivity index (χ4v) is 1.81. The average molecular weight is 253 g/mol. The van der Waals surface area contributed by atoms with E-state index >= 15 is 0 Å². The molecule has 2 aromatic rings. The molecule has 1 aromatic carbocycles. The van der Waals surface area contributed by atoms with Crippen molar-refractivity contribution in [1.29, 1.82) is 0 Å². The van der Waals surface area contributed by atoms with Gasteiger partial charge in [0.1, 0.15) is 0 Å². The zero-order valence-corrected chi connectivity index (χ0v) is 9.50. The number of hydrogen-bond donors (Lipinski definition) is 0. The van der Waals surface area contributed by atoms with E-state index in [-0.39, 0.29) is 5.91 Å². The van der Waals surface area contributed by atoms with Gasteiger partial charge in [-0.3, -0.25) is 4.79 Å². The van der Waals surface area contributed by atoms with Crippen LogP contribution in [-0.4, -0.2) is 15.7 Å². The number of rotatable bonds is 0. The van der Waals surface area contributed by atoms with Gasteiger partial charge in [-0.1, -0.05) is 15.9 Å². The van der Waals surface area contributed by atoms with Crippen molar-refractivity contribution < 1.29 is 4.79 Å². The molecule has 0 saturated heterocycles. The highest BCUT2D eigenvalue weighted by molar-refractivity contribution is 9.10. The fourth-order valence-electron chi connectivity index (χ4n) is 1.46. The van der Waals surface area contributed by atoms with Gasteiger partial charge in [0.05, 0.1) is 11.7 Å². The van der Waals surface area contributed by atoms with Gasteiger partial charge in [-0.15, -0.1) is 0 Å². The van der Waals surface area contributed by atoms with E-state index in [0.29, 0.717) is 0 Å². The minimum atomic E-state index is -0.0678. The van der Waals surface area contributed by atoms with Gasteiger partial charge in [0.2, 0.25) is 5.91 Å². The first-order valence-electron chi connectivity index (χ1n) is 4.25. The van der Waals surface area contributed by atoms with Gasteiger partial charge in [0.15, 0.2) is 0 Å². The van der Waals surface area contributed by atoms with Crippen molar-refractivity contribution in [3.8, 4) is 0 Å². The van der Waals surface area contributed by atoms with Crippen molar-refractivity contribution in [2.24, 2.45) is 0 Å². The number of benzene rings is 1. The number of halogens is 1. The summed E-state index contributed by atoms with van der Waals surface area (Å²) in [7, 11) is 0. The van der Waals surface area contributed by atoms with Crippen molar-refractivity contribution in [3.05, 3.63) is 28.4 Å². The highest BCUT2D eigenvalue weighted by Gasteiger charge is 2.09. The Hall–Kier alpha value is -1.16. The molecule has 0 radical (unpaired) electrons. The summed E-state index contributed by atoms with van der Waals surface area (Å²) in [6.07, 6.45) is 1.72. The zero-order valence-electron chi connectivity index (χ0n) is 7.91. The maximum atomic E-state index is 11.2. The summed E-state index contributed by atoms with van der Waals surface area (Å²) in [5.74, 6) is -0.0678. The third-order valence-corrected chi connectivity index (χ3v) is 3.11. The van der Waals surface area contributed by atoms with Crippen LogP contribution >= 0.6 is 15.9 Å². The average Bonchev–Trinajstić information content (AvgIpc) is 2.55. The fraction of sp³-hybridized carbons (Fsp3) is 0.200. The van der Waals surface area contributed by atoms with Crippen molar-refractivity contribution >= 4 is 32.7 Å². The molecular formula is C10H9BrN2O. The van der Waals surface area contributed by atoms with Gasteiger partial charge in [-0.05, 0) is 24.6 Å². The lowest BCUT2D eigenvalue weighted by Crippen LogP contribution is -2.06. The number of carbonyl (C=O) groups excluding carboxylic acids is 1. The SMILES string of the molecule is CC(=O)n1ncc2c(C)c(Br)ccc21. The lowest BCUT2D eigenvalue weighted by atomic mass is 10.1. The lowest BCUT2D eigenvalue weighted by molar-refractivity contribution is 0.0927. The normalized spacial score (nSPS) is 10.8. The van der Waals surface area contributed by atoms with Crippen molar-refractivity contribution in [2.45, 2.75) is 13.8 Å². The molecule has 0 aliphatic rings. The topological polar surface area (TPSA) is 34.9 Å². The van der Waals surface area contributed by atoms with Crippen molar-refractivity contribution in [1.82, 2.24) is 9.78 Å². The lowest BCUT2D eigenvalue weighted by Gasteiger charge is -2.00. The first-order chi connectivity index (χ1) is 6.61. The van der Waals surface area contributed by atoms with Crippen molar-refractivity contribution in [3.63, 3.8) is 0 Å². The quantitative estimate of drug-likeness (QED) is 0.723. The van der Waals surface area contributed by atoms with Crippen LogP contribution in [0.15, 0.2) is 22.8 Å². The molecule has 0 spiro atoms. The number of fused-ring (bicyclic) bond motifs is 1. The Morgan fingerprint density at radius 1 is 1.50 bits per heavy atom. The van der Waals surface area contributed by atoms with Crippen LogP contribution in [-0.2, 0) is 0 Å². The van der Waals surface area contributed by atoms with E-state index in [9.17, 15) is 4.79 Å². The molecule has 1 heterocycles. The summed E-state index contributed by atoms with van der Waals surface area (Å²) < 4.78 is 2.45. The number of aromatic nitrogens is 2. The van der Waals surface area contributed by atoms with Crippen LogP contribution in [0.4, 0.5) is 0 Å². The molecule has 0 fully saturated rings. The van der Waals surface area contributed by atoms with Gasteiger partial charge in [0.25, 0.3) is 0 Å². The molecule has 4 heteroatoms. The number of aryl methyl sites for hydroxylation is 1. The molecule has 0 atom stereocenters. The highest BCUT2D eigenvalue weighted by Crippen LogP contribution is 2.25. The molecule has 2 rings (SSSR count). The molecule has 0 bridgehead atoms. The van der Waals surface area contributed by atoms with E-state index < -0.39 is 0 Å². The van der Waals surface area contributed by atoms with Crippen LogP contribution in [0.5, 0.6) is 0 Å². The monoisotopic (exact) mass is 252 g/mol. The zero-order chi connectivity index (χ0) is 10.3. The number of hydrogen-bond acceptors (Lipinski definition) is 2. The first-order valence-corrected chi connectivity index (χ1v) is 5.04. The molecule has 3 nitrogen and oxygen atoms in total. The predicted molar refractivity (Wildman–Crippen MR) is 58.5 cm³/mol. The molecule has 72 valence electrons. The Bertz CT molecular complexity index is 516. The molecule has 0 saturated carbocycles. The molecule has 1 aromatic heterocycles. The summed E-state index contributed by atoms with van der Waals surface area (Å²) in [6, 6.07) is 3.82. The third-order valence-electron chi connectivity index (χ3n) is 2.25. The summed E-state index contributed by atoms with van der Waals surface area (Å²) in [6.45, 7) is 3.50. The minimum Gasteiger partial charge on any atom is -0.273 e. The Balaban J connectivity index is 2.83. The smallest absolute Gasteiger partial charge is 0.244 e. The molecular weight excluding hydrogens is 244 g/mol. The number of nitrogens with zero attached hydrogens (tertiary/aromatic N) is 2. The molecule has 0 unspecified atom stereocenters. The van der Waals surface area contributed by atoms with Gasteiger partial charge in [-0.25, -0.2) is 4.68 Å². The predicted octanol–water partition coefficient (Wildman–Crippen LogP) is 2.77. The summed E-state index contributed by atoms with van der Waals surface area (Å²) in [4.78, 5) is 11.2. The van der Waals surface area contributed by atoms with Gasteiger partial charge < -0.3 is 0 Å². The van der Waals surface area contributed by atoms with E-state index in [1.807, 2.05) is 19.1 Å². The molecule has 14 heavy (non-hydrogen) atoms. The minimum absolute atomic E-state index is 0.0678. The molecule has 0 aliphatic carbocycles. The Morgan fingerprint density at radius 3 is 2.86 bits per heavy atom. The molecule has 0 N–H and O–H groups in total. The maximum absolute atomic E-state index is 11.2. The van der Waals surface area contributed by atoms with Crippen LogP contribution < -0.4 is 0 Å². The Kier molecular flexibility index (Phi) is 2.15. The second-order valence-electron chi connectivity index (χ2n) is 3.18. The van der Waals surface area contributed by atoms with Gasteiger partial charge >= 0.3 is 0 Å². The van der Waals surface area contributed by atoms with Crippen LogP contribution in [0.2, 0.25) is 0 Å². The Morgan fingerprint density at radius 2 is 2.21 bits per heavy atom. The van der Waals surface area contributed by atoms with Crippen LogP contribution in [0.3, 0.4) is 0 Å². The third kappa shape index (κ3) is 1.26. The molecule has 0 amide bonds. The first kappa shape index (κ1) is 9.40. The highest BCUT2D eigenvalue weighted by atomic mass is 79.9. The van der Waals surface area contributed by atoms with Crippen LogP contribution in [0.25, 0.3) is 10.9 Å². The summed E-state index contributed by atoms with van der Waals surface area (Å²) >= 11 is 3.44. The Labute approximate surface area is 89.8 Å². The van der Waals surface area contributed by atoms with Gasteiger partial charge in [0, 0.05) is 16.8 Å². The molecule has 0 aliphatic heterocycles. The second kappa shape index (κ2) is 3.20. The largest absolute Gasteiger partial charge is 0.273 e. The van der Waals surface area contributed by atoms with Gasteiger partial charge in [-0.2, -0.15) is 5.10 Å². The van der Waals surface area contributed by atoms with E-state index in [1.54, 1.807) is 6.20 Å².